The van der Waals surface area contributed by atoms with E-state index in [4.69, 9.17) is 9.47 Å². The van der Waals surface area contributed by atoms with Crippen LogP contribution in [0.3, 0.4) is 0 Å². The Morgan fingerprint density at radius 3 is 2.48 bits per heavy atom. The van der Waals surface area contributed by atoms with Crippen molar-refractivity contribution in [1.82, 2.24) is 5.43 Å². The molecule has 0 aromatic heterocycles. The zero-order valence-electron chi connectivity index (χ0n) is 14.9. The number of nitrogens with one attached hydrogen (secondary N) is 1. The predicted octanol–water partition coefficient (Wildman–Crippen LogP) is 3.62. The molecule has 0 aliphatic heterocycles. The van der Waals surface area contributed by atoms with Gasteiger partial charge in [0, 0.05) is 18.9 Å². The quantitative estimate of drug-likeness (QED) is 0.453. The van der Waals surface area contributed by atoms with Crippen molar-refractivity contribution in [2.75, 3.05) is 13.2 Å². The van der Waals surface area contributed by atoms with E-state index < -0.39 is 0 Å². The molecule has 2 rings (SSSR count). The van der Waals surface area contributed by atoms with E-state index in [0.717, 1.165) is 23.5 Å². The van der Waals surface area contributed by atoms with Crippen LogP contribution in [0.4, 0.5) is 0 Å². The molecule has 1 N–H and O–H groups in total. The van der Waals surface area contributed by atoms with Crippen LogP contribution in [0, 0.1) is 13.8 Å². The van der Waals surface area contributed by atoms with Crippen molar-refractivity contribution in [2.24, 2.45) is 5.10 Å². The van der Waals surface area contributed by atoms with Crippen LogP contribution in [0.15, 0.2) is 47.6 Å². The molecular formula is C20H24N2O3. The molecule has 0 radical (unpaired) electrons. The van der Waals surface area contributed by atoms with Crippen LogP contribution < -0.4 is 14.9 Å². The maximum Gasteiger partial charge on any atom is 0.236 e. The molecule has 0 aliphatic carbocycles. The van der Waals surface area contributed by atoms with E-state index in [1.54, 1.807) is 6.21 Å². The van der Waals surface area contributed by atoms with Crippen molar-refractivity contribution in [2.45, 2.75) is 27.2 Å². The molecule has 2 aromatic rings. The molecule has 0 bridgehead atoms. The van der Waals surface area contributed by atoms with Crippen LogP contribution in [-0.2, 0) is 4.79 Å². The number of nitrogens with zero attached hydrogens (tertiary/aromatic N) is 1. The van der Waals surface area contributed by atoms with Crippen molar-refractivity contribution >= 4 is 12.1 Å². The molecule has 0 aliphatic rings. The van der Waals surface area contributed by atoms with Crippen molar-refractivity contribution in [3.63, 3.8) is 0 Å². The Morgan fingerprint density at radius 1 is 1.08 bits per heavy atom. The molecule has 0 saturated heterocycles. The predicted molar refractivity (Wildman–Crippen MR) is 99.4 cm³/mol. The lowest BCUT2D eigenvalue weighted by atomic mass is 10.1. The second kappa shape index (κ2) is 9.47. The van der Waals surface area contributed by atoms with Gasteiger partial charge in [-0.05, 0) is 49.2 Å². The molecule has 1 amide bonds. The largest absolute Gasteiger partial charge is 0.493 e. The SMILES string of the molecule is CC(=O)NN=Cc1ccccc1OCCCOc1cc(C)cc(C)c1. The third kappa shape index (κ3) is 6.67. The second-order valence-electron chi connectivity index (χ2n) is 5.84. The van der Waals surface area contributed by atoms with Gasteiger partial charge in [-0.25, -0.2) is 5.43 Å². The van der Waals surface area contributed by atoms with Crippen molar-refractivity contribution in [3.8, 4) is 11.5 Å². The van der Waals surface area contributed by atoms with Gasteiger partial charge in [0.25, 0.3) is 0 Å². The number of hydrazone groups is 1. The number of para-hydroxylation sites is 1. The van der Waals surface area contributed by atoms with Crippen LogP contribution >= 0.6 is 0 Å². The molecule has 0 atom stereocenters. The third-order valence-electron chi connectivity index (χ3n) is 3.35. The van der Waals surface area contributed by atoms with Gasteiger partial charge in [-0.3, -0.25) is 4.79 Å². The molecular weight excluding hydrogens is 316 g/mol. The highest BCUT2D eigenvalue weighted by molar-refractivity contribution is 5.84. The highest BCUT2D eigenvalue weighted by atomic mass is 16.5. The van der Waals surface area contributed by atoms with E-state index in [9.17, 15) is 4.79 Å². The molecule has 0 unspecified atom stereocenters. The molecule has 132 valence electrons. The van der Waals surface area contributed by atoms with Gasteiger partial charge in [0.05, 0.1) is 19.4 Å². The number of hydrogen-bond donors (Lipinski definition) is 1. The summed E-state index contributed by atoms with van der Waals surface area (Å²) in [4.78, 5) is 10.9. The minimum atomic E-state index is -0.210. The van der Waals surface area contributed by atoms with Gasteiger partial charge in [0.1, 0.15) is 11.5 Å². The van der Waals surface area contributed by atoms with Crippen LogP contribution in [0.1, 0.15) is 30.0 Å². The lowest BCUT2D eigenvalue weighted by Crippen LogP contribution is -2.12. The lowest BCUT2D eigenvalue weighted by Gasteiger charge is -2.10. The fourth-order valence-electron chi connectivity index (χ4n) is 2.36. The van der Waals surface area contributed by atoms with E-state index in [2.05, 4.69) is 30.4 Å². The highest BCUT2D eigenvalue weighted by Gasteiger charge is 2.01. The average molecular weight is 340 g/mol. The monoisotopic (exact) mass is 340 g/mol. The van der Waals surface area contributed by atoms with Crippen LogP contribution in [-0.4, -0.2) is 25.3 Å². The molecule has 0 fully saturated rings. The topological polar surface area (TPSA) is 59.9 Å². The Kier molecular flexibility index (Phi) is 7.01. The zero-order valence-corrected chi connectivity index (χ0v) is 14.9. The smallest absolute Gasteiger partial charge is 0.236 e. The van der Waals surface area contributed by atoms with Gasteiger partial charge in [-0.2, -0.15) is 5.10 Å². The van der Waals surface area contributed by atoms with Crippen LogP contribution in [0.2, 0.25) is 0 Å². The van der Waals surface area contributed by atoms with Gasteiger partial charge in [-0.15, -0.1) is 0 Å². The lowest BCUT2D eigenvalue weighted by molar-refractivity contribution is -0.118. The molecule has 0 spiro atoms. The number of carbonyl (C=O) groups excluding carboxylic acids is 1. The van der Waals surface area contributed by atoms with Gasteiger partial charge in [-0.1, -0.05) is 18.2 Å². The summed E-state index contributed by atoms with van der Waals surface area (Å²) in [5.74, 6) is 1.40. The minimum absolute atomic E-state index is 0.210. The second-order valence-corrected chi connectivity index (χ2v) is 5.84. The number of ether oxygens (including phenoxy) is 2. The Morgan fingerprint density at radius 2 is 1.76 bits per heavy atom. The summed E-state index contributed by atoms with van der Waals surface area (Å²) in [6, 6.07) is 13.7. The standard InChI is InChI=1S/C20H24N2O3/c1-15-11-16(2)13-19(12-15)24-9-6-10-25-20-8-5-4-7-18(20)14-21-22-17(3)23/h4-5,7-8,11-14H,6,9-10H2,1-3H3,(H,22,23). The Labute approximate surface area is 148 Å². The maximum absolute atomic E-state index is 10.9. The summed E-state index contributed by atoms with van der Waals surface area (Å²) in [7, 11) is 0. The van der Waals surface area contributed by atoms with Gasteiger partial charge in [0.15, 0.2) is 0 Å². The van der Waals surface area contributed by atoms with E-state index in [1.807, 2.05) is 36.4 Å². The first kappa shape index (κ1) is 18.5. The summed E-state index contributed by atoms with van der Waals surface area (Å²) in [6.07, 6.45) is 2.34. The molecule has 5 nitrogen and oxygen atoms in total. The van der Waals surface area contributed by atoms with Gasteiger partial charge in [0.2, 0.25) is 5.91 Å². The number of benzene rings is 2. The van der Waals surface area contributed by atoms with Crippen molar-refractivity contribution in [3.05, 3.63) is 59.2 Å². The minimum Gasteiger partial charge on any atom is -0.493 e. The number of amides is 1. The van der Waals surface area contributed by atoms with E-state index in [1.165, 1.54) is 18.1 Å². The molecule has 0 heterocycles. The van der Waals surface area contributed by atoms with Crippen LogP contribution in [0.25, 0.3) is 0 Å². The number of rotatable bonds is 8. The Balaban J connectivity index is 1.79. The fourth-order valence-corrected chi connectivity index (χ4v) is 2.36. The normalized spacial score (nSPS) is 10.7. The van der Waals surface area contributed by atoms with E-state index in [-0.39, 0.29) is 5.91 Å². The Hall–Kier alpha value is -2.82. The van der Waals surface area contributed by atoms with E-state index >= 15 is 0 Å². The summed E-state index contributed by atoms with van der Waals surface area (Å²) in [6.45, 7) is 6.65. The number of carbonyl (C=O) groups is 1. The van der Waals surface area contributed by atoms with Crippen molar-refractivity contribution < 1.29 is 14.3 Å². The third-order valence-corrected chi connectivity index (χ3v) is 3.35. The average Bonchev–Trinajstić information content (AvgIpc) is 2.54. The molecule has 2 aromatic carbocycles. The Bertz CT molecular complexity index is 721. The van der Waals surface area contributed by atoms with Gasteiger partial charge >= 0.3 is 0 Å². The number of aryl methyl sites for hydroxylation is 2. The molecule has 0 saturated carbocycles. The van der Waals surface area contributed by atoms with E-state index in [0.29, 0.717) is 13.2 Å². The van der Waals surface area contributed by atoms with Gasteiger partial charge < -0.3 is 9.47 Å². The summed E-state index contributed by atoms with van der Waals surface area (Å²) in [5, 5.41) is 3.87. The summed E-state index contributed by atoms with van der Waals surface area (Å²) >= 11 is 0. The molecule has 25 heavy (non-hydrogen) atoms. The number of hydrogen-bond acceptors (Lipinski definition) is 4. The highest BCUT2D eigenvalue weighted by Crippen LogP contribution is 2.17. The first-order valence-electron chi connectivity index (χ1n) is 8.27. The van der Waals surface area contributed by atoms with Crippen molar-refractivity contribution in [1.29, 1.82) is 0 Å². The first-order chi connectivity index (χ1) is 12.0. The van der Waals surface area contributed by atoms with Crippen LogP contribution in [0.5, 0.6) is 11.5 Å². The summed E-state index contributed by atoms with van der Waals surface area (Å²) in [5.41, 5.74) is 5.58. The molecule has 5 heteroatoms. The fraction of sp³-hybridized carbons (Fsp3) is 0.300. The summed E-state index contributed by atoms with van der Waals surface area (Å²) < 4.78 is 11.6. The first-order valence-corrected chi connectivity index (χ1v) is 8.27. The maximum atomic E-state index is 10.9. The zero-order chi connectivity index (χ0) is 18.1.